The summed E-state index contributed by atoms with van der Waals surface area (Å²) in [5.74, 6) is -1.78. The molecule has 2 rings (SSSR count). The van der Waals surface area contributed by atoms with E-state index in [4.69, 9.17) is 0 Å². The van der Waals surface area contributed by atoms with Gasteiger partial charge in [-0.15, -0.1) is 0 Å². The largest absolute Gasteiger partial charge is 0.480 e. The molecule has 1 saturated heterocycles. The lowest BCUT2D eigenvalue weighted by atomic mass is 9.76. The minimum absolute atomic E-state index is 0.0457. The molecule has 0 aromatic rings. The van der Waals surface area contributed by atoms with Gasteiger partial charge < -0.3 is 15.3 Å². The van der Waals surface area contributed by atoms with E-state index in [1.54, 1.807) is 4.90 Å². The monoisotopic (exact) mass is 282 g/mol. The van der Waals surface area contributed by atoms with Crippen molar-refractivity contribution in [1.82, 2.24) is 10.2 Å². The number of carbonyl (C=O) groups excluding carboxylic acids is 2. The second-order valence-electron chi connectivity index (χ2n) is 6.81. The lowest BCUT2D eigenvalue weighted by molar-refractivity contribution is -0.152. The van der Waals surface area contributed by atoms with Gasteiger partial charge in [0, 0.05) is 18.5 Å². The zero-order valence-corrected chi connectivity index (χ0v) is 12.2. The number of carboxylic acid groups (broad SMARTS) is 1. The Morgan fingerprint density at radius 2 is 1.95 bits per heavy atom. The van der Waals surface area contributed by atoms with Crippen LogP contribution in [0.3, 0.4) is 0 Å². The van der Waals surface area contributed by atoms with Gasteiger partial charge in [-0.2, -0.15) is 0 Å². The van der Waals surface area contributed by atoms with E-state index in [1.165, 1.54) is 0 Å². The van der Waals surface area contributed by atoms with Crippen LogP contribution in [0.5, 0.6) is 0 Å². The fourth-order valence-corrected chi connectivity index (χ4v) is 2.79. The zero-order valence-electron chi connectivity index (χ0n) is 12.2. The molecule has 0 unspecified atom stereocenters. The average molecular weight is 282 g/mol. The number of carbonyl (C=O) groups is 3. The van der Waals surface area contributed by atoms with Gasteiger partial charge in [0.15, 0.2) is 0 Å². The van der Waals surface area contributed by atoms with Crippen LogP contribution in [0.15, 0.2) is 0 Å². The first-order valence-electron chi connectivity index (χ1n) is 7.02. The highest BCUT2D eigenvalue weighted by atomic mass is 16.4. The maximum absolute atomic E-state index is 12.2. The first-order chi connectivity index (χ1) is 9.16. The normalized spacial score (nSPS) is 25.2. The summed E-state index contributed by atoms with van der Waals surface area (Å²) >= 11 is 0. The molecule has 2 amide bonds. The summed E-state index contributed by atoms with van der Waals surface area (Å²) in [7, 11) is 0. The first kappa shape index (κ1) is 14.8. The van der Waals surface area contributed by atoms with Crippen LogP contribution in [0, 0.1) is 5.92 Å². The smallest absolute Gasteiger partial charge is 0.329 e. The van der Waals surface area contributed by atoms with Gasteiger partial charge in [0.1, 0.15) is 5.54 Å². The molecule has 2 fully saturated rings. The van der Waals surface area contributed by atoms with Gasteiger partial charge in [0.2, 0.25) is 11.8 Å². The summed E-state index contributed by atoms with van der Waals surface area (Å²) < 4.78 is 0. The van der Waals surface area contributed by atoms with Crippen molar-refractivity contribution < 1.29 is 19.5 Å². The van der Waals surface area contributed by atoms with Crippen LogP contribution >= 0.6 is 0 Å². The van der Waals surface area contributed by atoms with E-state index in [0.717, 1.165) is 6.42 Å². The summed E-state index contributed by atoms with van der Waals surface area (Å²) in [6.45, 7) is 6.14. The SMILES string of the molecule is CC(C)(C)N1C[C@H](C(=O)NC2(C(=O)O)CCC2)CC1=O. The van der Waals surface area contributed by atoms with Crippen LogP contribution in [0.25, 0.3) is 0 Å². The standard InChI is InChI=1S/C14H22N2O4/c1-13(2,3)16-8-9(7-10(16)17)11(18)15-14(12(19)20)5-4-6-14/h9H,4-8H2,1-3H3,(H,15,18)(H,19,20)/t9-/m1/s1. The number of nitrogens with zero attached hydrogens (tertiary/aromatic N) is 1. The number of carboxylic acids is 1. The summed E-state index contributed by atoms with van der Waals surface area (Å²) in [4.78, 5) is 37.1. The molecule has 0 radical (unpaired) electrons. The zero-order chi connectivity index (χ0) is 15.1. The number of nitrogens with one attached hydrogen (secondary N) is 1. The maximum atomic E-state index is 12.2. The minimum atomic E-state index is -1.10. The van der Waals surface area contributed by atoms with Gasteiger partial charge in [-0.3, -0.25) is 9.59 Å². The van der Waals surface area contributed by atoms with Crippen molar-refractivity contribution in [3.8, 4) is 0 Å². The van der Waals surface area contributed by atoms with Crippen molar-refractivity contribution >= 4 is 17.8 Å². The molecule has 2 N–H and O–H groups in total. The third-order valence-electron chi connectivity index (χ3n) is 4.28. The summed E-state index contributed by atoms with van der Waals surface area (Å²) in [5, 5.41) is 11.9. The van der Waals surface area contributed by atoms with Crippen LogP contribution in [-0.2, 0) is 14.4 Å². The molecule has 0 spiro atoms. The van der Waals surface area contributed by atoms with Crippen LogP contribution in [-0.4, -0.2) is 45.4 Å². The molecule has 1 heterocycles. The molecular weight excluding hydrogens is 260 g/mol. The van der Waals surface area contributed by atoms with Crippen molar-refractivity contribution in [3.63, 3.8) is 0 Å². The Balaban J connectivity index is 2.01. The molecule has 0 aromatic heterocycles. The Morgan fingerprint density at radius 1 is 1.35 bits per heavy atom. The van der Waals surface area contributed by atoms with Crippen LogP contribution in [0.1, 0.15) is 46.5 Å². The number of aliphatic carboxylic acids is 1. The van der Waals surface area contributed by atoms with Crippen molar-refractivity contribution in [3.05, 3.63) is 0 Å². The average Bonchev–Trinajstić information content (AvgIpc) is 2.64. The predicted octanol–water partition coefficient (Wildman–Crippen LogP) is 0.757. The second-order valence-corrected chi connectivity index (χ2v) is 6.81. The molecule has 1 aliphatic carbocycles. The van der Waals surface area contributed by atoms with Crippen LogP contribution < -0.4 is 5.32 Å². The number of likely N-dealkylation sites (tertiary alicyclic amines) is 1. The van der Waals surface area contributed by atoms with E-state index in [-0.39, 0.29) is 23.8 Å². The number of hydrogen-bond acceptors (Lipinski definition) is 3. The molecule has 1 aliphatic heterocycles. The lowest BCUT2D eigenvalue weighted by Gasteiger charge is -2.39. The summed E-state index contributed by atoms with van der Waals surface area (Å²) in [6, 6.07) is 0. The van der Waals surface area contributed by atoms with Crippen molar-refractivity contribution in [1.29, 1.82) is 0 Å². The third-order valence-corrected chi connectivity index (χ3v) is 4.28. The van der Waals surface area contributed by atoms with Gasteiger partial charge in [-0.05, 0) is 40.0 Å². The van der Waals surface area contributed by atoms with Crippen LogP contribution in [0.2, 0.25) is 0 Å². The first-order valence-corrected chi connectivity index (χ1v) is 7.02. The maximum Gasteiger partial charge on any atom is 0.329 e. The Labute approximate surface area is 118 Å². The van der Waals surface area contributed by atoms with Gasteiger partial charge >= 0.3 is 5.97 Å². The Morgan fingerprint density at radius 3 is 2.30 bits per heavy atom. The fourth-order valence-electron chi connectivity index (χ4n) is 2.79. The van der Waals surface area contributed by atoms with Gasteiger partial charge in [-0.25, -0.2) is 4.79 Å². The second kappa shape index (κ2) is 4.75. The predicted molar refractivity (Wildman–Crippen MR) is 71.9 cm³/mol. The van der Waals surface area contributed by atoms with E-state index < -0.39 is 17.4 Å². The fraction of sp³-hybridized carbons (Fsp3) is 0.786. The number of rotatable bonds is 3. The summed E-state index contributed by atoms with van der Waals surface area (Å²) in [5.41, 5.74) is -1.41. The summed E-state index contributed by atoms with van der Waals surface area (Å²) in [6.07, 6.45) is 1.92. The molecular formula is C14H22N2O4. The molecule has 6 nitrogen and oxygen atoms in total. The van der Waals surface area contributed by atoms with E-state index >= 15 is 0 Å². The third kappa shape index (κ3) is 2.51. The highest BCUT2D eigenvalue weighted by molar-refractivity contribution is 5.93. The van der Waals surface area contributed by atoms with Gasteiger partial charge in [0.05, 0.1) is 5.92 Å². The number of amides is 2. The quantitative estimate of drug-likeness (QED) is 0.800. The van der Waals surface area contributed by atoms with E-state index in [9.17, 15) is 19.5 Å². The Bertz CT molecular complexity index is 449. The van der Waals surface area contributed by atoms with E-state index in [1.807, 2.05) is 20.8 Å². The molecule has 1 atom stereocenters. The molecule has 2 aliphatic rings. The minimum Gasteiger partial charge on any atom is -0.480 e. The Kier molecular flexibility index (Phi) is 3.52. The van der Waals surface area contributed by atoms with Crippen LogP contribution in [0.4, 0.5) is 0 Å². The van der Waals surface area contributed by atoms with E-state index in [0.29, 0.717) is 19.4 Å². The number of hydrogen-bond donors (Lipinski definition) is 2. The molecule has 6 heteroatoms. The van der Waals surface area contributed by atoms with Crippen molar-refractivity contribution in [2.75, 3.05) is 6.54 Å². The van der Waals surface area contributed by atoms with Gasteiger partial charge in [-0.1, -0.05) is 0 Å². The molecule has 1 saturated carbocycles. The topological polar surface area (TPSA) is 86.7 Å². The molecule has 20 heavy (non-hydrogen) atoms. The molecule has 0 aromatic carbocycles. The van der Waals surface area contributed by atoms with Crippen molar-refractivity contribution in [2.45, 2.75) is 57.5 Å². The van der Waals surface area contributed by atoms with Crippen molar-refractivity contribution in [2.24, 2.45) is 5.92 Å². The van der Waals surface area contributed by atoms with E-state index in [2.05, 4.69) is 5.32 Å². The Hall–Kier alpha value is -1.59. The highest BCUT2D eigenvalue weighted by Gasteiger charge is 2.48. The lowest BCUT2D eigenvalue weighted by Crippen LogP contribution is -2.60. The molecule has 0 bridgehead atoms. The van der Waals surface area contributed by atoms with Gasteiger partial charge in [0.25, 0.3) is 0 Å². The molecule has 112 valence electrons. The highest BCUT2D eigenvalue weighted by Crippen LogP contribution is 2.33.